The number of ketones is 1. The van der Waals surface area contributed by atoms with Crippen LogP contribution in [0.2, 0.25) is 0 Å². The Hall–Kier alpha value is -1.12. The van der Waals surface area contributed by atoms with Gasteiger partial charge in [0, 0.05) is 23.8 Å². The molecule has 0 heterocycles. The van der Waals surface area contributed by atoms with Gasteiger partial charge in [-0.25, -0.2) is 4.79 Å². The number of carbonyl (C=O) groups is 2. The van der Waals surface area contributed by atoms with Crippen LogP contribution in [-0.4, -0.2) is 18.9 Å². The number of ether oxygens (including phenoxy) is 1. The Labute approximate surface area is 145 Å². The molecule has 0 N–H and O–H groups in total. The maximum atomic E-state index is 12.2. The molecule has 0 aliphatic heterocycles. The van der Waals surface area contributed by atoms with Gasteiger partial charge in [0.2, 0.25) is 0 Å². The third-order valence-corrected chi connectivity index (χ3v) is 8.47. The van der Waals surface area contributed by atoms with E-state index in [2.05, 4.69) is 19.9 Å². The molecular formula is C21H30O3. The van der Waals surface area contributed by atoms with Crippen LogP contribution in [0, 0.1) is 34.5 Å². The van der Waals surface area contributed by atoms with Gasteiger partial charge in [0.05, 0.1) is 7.11 Å². The Bertz CT molecular complexity index is 606. The van der Waals surface area contributed by atoms with Crippen molar-refractivity contribution in [3.63, 3.8) is 0 Å². The summed E-state index contributed by atoms with van der Waals surface area (Å²) < 4.78 is 5.06. The van der Waals surface area contributed by atoms with Crippen molar-refractivity contribution in [3.8, 4) is 0 Å². The molecule has 4 aliphatic rings. The predicted octanol–water partition coefficient (Wildman–Crippen LogP) is 4.31. The third-order valence-electron chi connectivity index (χ3n) is 8.47. The monoisotopic (exact) mass is 330 g/mol. The zero-order valence-corrected chi connectivity index (χ0v) is 15.3. The molecule has 3 nitrogen and oxygen atoms in total. The Morgan fingerprint density at radius 2 is 1.96 bits per heavy atom. The standard InChI is InChI=1S/C21H30O3/c1-20-10-8-14(22)12-13(20)4-5-15-16-6-7-18(19(23)24-3)21(16,2)11-9-17(15)20/h7,13,15-17H,4-6,8-12H2,1-3H3/t13-,15-,16-,17-,20-,21-/m0/s1. The molecule has 24 heavy (non-hydrogen) atoms. The van der Waals surface area contributed by atoms with Crippen molar-refractivity contribution in [2.75, 3.05) is 7.11 Å². The minimum Gasteiger partial charge on any atom is -0.466 e. The molecule has 0 aromatic carbocycles. The van der Waals surface area contributed by atoms with Gasteiger partial charge in [0.25, 0.3) is 0 Å². The van der Waals surface area contributed by atoms with E-state index in [4.69, 9.17) is 4.74 Å². The zero-order chi connectivity index (χ0) is 17.1. The van der Waals surface area contributed by atoms with Gasteiger partial charge in [-0.3, -0.25) is 4.79 Å². The summed E-state index contributed by atoms with van der Waals surface area (Å²) in [4.78, 5) is 24.2. The highest BCUT2D eigenvalue weighted by atomic mass is 16.5. The molecule has 4 rings (SSSR count). The average Bonchev–Trinajstić information content (AvgIpc) is 2.92. The SMILES string of the molecule is COC(=O)C1=CC[C@H]2[C@@H]3CC[C@H]4CC(=O)CC[C@]4(C)[C@H]3CC[C@]12C. The topological polar surface area (TPSA) is 43.4 Å². The van der Waals surface area contributed by atoms with Crippen molar-refractivity contribution in [2.45, 2.75) is 65.2 Å². The first-order valence-electron chi connectivity index (χ1n) is 9.71. The molecule has 0 amide bonds. The van der Waals surface area contributed by atoms with E-state index in [0.29, 0.717) is 29.0 Å². The number of Topliss-reactive ketones (excluding diaryl/α,β-unsaturated/α-hetero) is 1. The van der Waals surface area contributed by atoms with Crippen molar-refractivity contribution in [3.05, 3.63) is 11.6 Å². The lowest BCUT2D eigenvalue weighted by Crippen LogP contribution is -2.53. The second-order valence-electron chi connectivity index (χ2n) is 9.20. The van der Waals surface area contributed by atoms with Gasteiger partial charge in [-0.2, -0.15) is 0 Å². The number of hydrogen-bond acceptors (Lipinski definition) is 3. The highest BCUT2D eigenvalue weighted by molar-refractivity contribution is 5.90. The largest absolute Gasteiger partial charge is 0.466 e. The molecule has 4 aliphatic carbocycles. The Morgan fingerprint density at radius 1 is 1.17 bits per heavy atom. The van der Waals surface area contributed by atoms with E-state index in [-0.39, 0.29) is 11.4 Å². The minimum atomic E-state index is -0.124. The van der Waals surface area contributed by atoms with Gasteiger partial charge in [0.1, 0.15) is 5.78 Å². The zero-order valence-electron chi connectivity index (χ0n) is 15.3. The normalized spacial score (nSPS) is 47.3. The summed E-state index contributed by atoms with van der Waals surface area (Å²) in [6.45, 7) is 4.76. The fraction of sp³-hybridized carbons (Fsp3) is 0.810. The highest BCUT2D eigenvalue weighted by Gasteiger charge is 2.59. The van der Waals surface area contributed by atoms with Crippen LogP contribution in [-0.2, 0) is 14.3 Å². The van der Waals surface area contributed by atoms with Gasteiger partial charge in [-0.1, -0.05) is 19.9 Å². The highest BCUT2D eigenvalue weighted by Crippen LogP contribution is 2.66. The fourth-order valence-electron chi connectivity index (χ4n) is 7.04. The van der Waals surface area contributed by atoms with Gasteiger partial charge >= 0.3 is 5.97 Å². The van der Waals surface area contributed by atoms with E-state index < -0.39 is 0 Å². The Kier molecular flexibility index (Phi) is 3.71. The molecule has 6 atom stereocenters. The first-order valence-corrected chi connectivity index (χ1v) is 9.71. The lowest BCUT2D eigenvalue weighted by atomic mass is 9.45. The lowest BCUT2D eigenvalue weighted by molar-refractivity contribution is -0.143. The van der Waals surface area contributed by atoms with E-state index in [0.717, 1.165) is 43.6 Å². The molecule has 0 spiro atoms. The molecular weight excluding hydrogens is 300 g/mol. The van der Waals surface area contributed by atoms with E-state index in [9.17, 15) is 9.59 Å². The number of esters is 1. The predicted molar refractivity (Wildman–Crippen MR) is 92.2 cm³/mol. The van der Waals surface area contributed by atoms with Crippen molar-refractivity contribution in [2.24, 2.45) is 34.5 Å². The number of methoxy groups -OCH3 is 1. The van der Waals surface area contributed by atoms with Crippen LogP contribution in [0.5, 0.6) is 0 Å². The number of fused-ring (bicyclic) bond motifs is 5. The maximum absolute atomic E-state index is 12.2. The van der Waals surface area contributed by atoms with Crippen LogP contribution in [0.1, 0.15) is 65.2 Å². The molecule has 0 radical (unpaired) electrons. The smallest absolute Gasteiger partial charge is 0.333 e. The van der Waals surface area contributed by atoms with Crippen LogP contribution in [0.3, 0.4) is 0 Å². The molecule has 132 valence electrons. The molecule has 0 bridgehead atoms. The van der Waals surface area contributed by atoms with Gasteiger partial charge in [0.15, 0.2) is 0 Å². The quantitative estimate of drug-likeness (QED) is 0.673. The van der Waals surface area contributed by atoms with E-state index in [1.165, 1.54) is 26.4 Å². The van der Waals surface area contributed by atoms with Crippen molar-refractivity contribution in [1.82, 2.24) is 0 Å². The third kappa shape index (κ3) is 2.09. The summed E-state index contributed by atoms with van der Waals surface area (Å²) in [5, 5.41) is 0. The minimum absolute atomic E-state index is 0.00193. The van der Waals surface area contributed by atoms with Gasteiger partial charge < -0.3 is 4.74 Å². The summed E-state index contributed by atoms with van der Waals surface area (Å²) >= 11 is 0. The summed E-state index contributed by atoms with van der Waals surface area (Å²) in [6, 6.07) is 0. The van der Waals surface area contributed by atoms with Crippen LogP contribution in [0.25, 0.3) is 0 Å². The van der Waals surface area contributed by atoms with Crippen LogP contribution >= 0.6 is 0 Å². The van der Waals surface area contributed by atoms with E-state index in [1.807, 2.05) is 0 Å². The fourth-order valence-corrected chi connectivity index (χ4v) is 7.04. The summed E-state index contributed by atoms with van der Waals surface area (Å²) in [5.41, 5.74) is 1.27. The molecule has 0 aromatic heterocycles. The number of allylic oxidation sites excluding steroid dienone is 1. The lowest BCUT2D eigenvalue weighted by Gasteiger charge is -2.59. The molecule has 3 fully saturated rings. The van der Waals surface area contributed by atoms with E-state index in [1.54, 1.807) is 0 Å². The maximum Gasteiger partial charge on any atom is 0.333 e. The average molecular weight is 330 g/mol. The Morgan fingerprint density at radius 3 is 2.71 bits per heavy atom. The molecule has 3 heteroatoms. The summed E-state index contributed by atoms with van der Waals surface area (Å²) in [5.74, 6) is 2.97. The first-order chi connectivity index (χ1) is 11.4. The second kappa shape index (κ2) is 5.44. The molecule has 0 unspecified atom stereocenters. The van der Waals surface area contributed by atoms with Crippen molar-refractivity contribution < 1.29 is 14.3 Å². The number of hydrogen-bond donors (Lipinski definition) is 0. The number of rotatable bonds is 1. The Balaban J connectivity index is 1.62. The first kappa shape index (κ1) is 16.4. The summed E-state index contributed by atoms with van der Waals surface area (Å²) in [7, 11) is 1.50. The van der Waals surface area contributed by atoms with Crippen LogP contribution in [0.15, 0.2) is 11.6 Å². The van der Waals surface area contributed by atoms with Crippen molar-refractivity contribution >= 4 is 11.8 Å². The molecule has 3 saturated carbocycles. The van der Waals surface area contributed by atoms with Crippen LogP contribution in [0.4, 0.5) is 0 Å². The molecule has 0 saturated heterocycles. The van der Waals surface area contributed by atoms with Crippen molar-refractivity contribution in [1.29, 1.82) is 0 Å². The van der Waals surface area contributed by atoms with E-state index >= 15 is 0 Å². The second-order valence-corrected chi connectivity index (χ2v) is 9.20. The number of carbonyl (C=O) groups excluding carboxylic acids is 2. The van der Waals surface area contributed by atoms with Crippen LogP contribution < -0.4 is 0 Å². The van der Waals surface area contributed by atoms with Gasteiger partial charge in [-0.15, -0.1) is 0 Å². The van der Waals surface area contributed by atoms with Gasteiger partial charge in [-0.05, 0) is 67.6 Å². The molecule has 0 aromatic rings. The summed E-state index contributed by atoms with van der Waals surface area (Å²) in [6.07, 6.45) is 10.6.